The molecule has 2 rings (SSSR count). The molecule has 0 unspecified atom stereocenters. The molecule has 0 fully saturated rings. The molecule has 0 aliphatic heterocycles. The molecule has 0 saturated heterocycles. The number of benzene rings is 1. The second-order valence-electron chi connectivity index (χ2n) is 6.11. The number of anilines is 1. The number of hydrogen-bond donors (Lipinski definition) is 2. The Labute approximate surface area is 159 Å². The van der Waals surface area contributed by atoms with Crippen molar-refractivity contribution in [3.05, 3.63) is 54.2 Å². The highest BCUT2D eigenvalue weighted by Crippen LogP contribution is 2.12. The Morgan fingerprint density at radius 3 is 2.37 bits per heavy atom. The van der Waals surface area contributed by atoms with E-state index >= 15 is 0 Å². The normalized spacial score (nSPS) is 13.1. The zero-order valence-electron chi connectivity index (χ0n) is 14.9. The number of aromatic nitrogens is 1. The fraction of sp³-hybridized carbons (Fsp3) is 0.294. The molecular formula is C17H21N3O5S2. The van der Waals surface area contributed by atoms with Gasteiger partial charge in [-0.1, -0.05) is 18.2 Å². The summed E-state index contributed by atoms with van der Waals surface area (Å²) in [6.45, 7) is 1.82. The van der Waals surface area contributed by atoms with Crippen LogP contribution in [0.1, 0.15) is 12.0 Å². The minimum Gasteiger partial charge on any atom is -0.309 e. The predicted molar refractivity (Wildman–Crippen MR) is 102 cm³/mol. The molecule has 1 heterocycles. The van der Waals surface area contributed by atoms with Gasteiger partial charge in [0.15, 0.2) is 0 Å². The molecule has 2 N–H and O–H groups in total. The molecule has 0 saturated carbocycles. The van der Waals surface area contributed by atoms with Gasteiger partial charge in [0.1, 0.15) is 21.7 Å². The van der Waals surface area contributed by atoms with Crippen LogP contribution in [-0.2, 0) is 24.7 Å². The lowest BCUT2D eigenvalue weighted by atomic mass is 10.2. The van der Waals surface area contributed by atoms with E-state index in [1.807, 2.05) is 6.92 Å². The summed E-state index contributed by atoms with van der Waals surface area (Å²) in [5.74, 6) is -0.775. The van der Waals surface area contributed by atoms with Crippen molar-refractivity contribution in [1.82, 2.24) is 9.71 Å². The molecule has 2 aromatic rings. The van der Waals surface area contributed by atoms with E-state index < -0.39 is 31.8 Å². The van der Waals surface area contributed by atoms with Crippen molar-refractivity contribution in [3.8, 4) is 0 Å². The molecular weight excluding hydrogens is 390 g/mol. The summed E-state index contributed by atoms with van der Waals surface area (Å²) in [6, 6.07) is 9.63. The number of carbonyl (C=O) groups is 1. The largest absolute Gasteiger partial charge is 0.309 e. The Bertz CT molecular complexity index is 1010. The number of aryl methyl sites for hydroxylation is 1. The van der Waals surface area contributed by atoms with Crippen LogP contribution in [0.25, 0.3) is 0 Å². The lowest BCUT2D eigenvalue weighted by molar-refractivity contribution is -0.117. The van der Waals surface area contributed by atoms with Crippen molar-refractivity contribution in [3.63, 3.8) is 0 Å². The zero-order valence-corrected chi connectivity index (χ0v) is 16.5. The van der Waals surface area contributed by atoms with Gasteiger partial charge in [-0.05, 0) is 43.2 Å². The van der Waals surface area contributed by atoms with E-state index in [1.54, 1.807) is 30.3 Å². The Kier molecular flexibility index (Phi) is 6.68. The molecule has 0 aliphatic carbocycles. The Morgan fingerprint density at radius 1 is 1.11 bits per heavy atom. The van der Waals surface area contributed by atoms with Gasteiger partial charge >= 0.3 is 0 Å². The molecule has 27 heavy (non-hydrogen) atoms. The van der Waals surface area contributed by atoms with Gasteiger partial charge in [0.25, 0.3) is 0 Å². The van der Waals surface area contributed by atoms with E-state index in [1.165, 1.54) is 18.3 Å². The third-order valence-corrected chi connectivity index (χ3v) is 6.08. The molecule has 0 bridgehead atoms. The van der Waals surface area contributed by atoms with Gasteiger partial charge < -0.3 is 5.32 Å². The van der Waals surface area contributed by atoms with Gasteiger partial charge in [-0.25, -0.2) is 21.8 Å². The first-order valence-electron chi connectivity index (χ1n) is 8.05. The van der Waals surface area contributed by atoms with Crippen LogP contribution in [0.2, 0.25) is 0 Å². The number of pyridine rings is 1. The number of sulfonamides is 1. The highest BCUT2D eigenvalue weighted by Gasteiger charge is 2.27. The summed E-state index contributed by atoms with van der Waals surface area (Å²) < 4.78 is 50.3. The van der Waals surface area contributed by atoms with Gasteiger partial charge in [-0.15, -0.1) is 0 Å². The van der Waals surface area contributed by atoms with Gasteiger partial charge in [0.2, 0.25) is 15.9 Å². The molecule has 146 valence electrons. The highest BCUT2D eigenvalue weighted by molar-refractivity contribution is 7.90. The minimum atomic E-state index is -4.00. The molecule has 8 nitrogen and oxygen atoms in total. The number of amides is 1. The smallest absolute Gasteiger partial charge is 0.243 e. The van der Waals surface area contributed by atoms with E-state index in [2.05, 4.69) is 15.0 Å². The van der Waals surface area contributed by atoms with E-state index in [0.717, 1.165) is 11.8 Å². The summed E-state index contributed by atoms with van der Waals surface area (Å²) in [7, 11) is -7.38. The zero-order chi connectivity index (χ0) is 20.1. The van der Waals surface area contributed by atoms with Gasteiger partial charge in [-0.2, -0.15) is 4.72 Å². The van der Waals surface area contributed by atoms with Gasteiger partial charge in [0.05, 0.1) is 10.6 Å². The summed E-state index contributed by atoms with van der Waals surface area (Å²) in [5.41, 5.74) is 0.859. The third kappa shape index (κ3) is 6.74. The molecule has 10 heteroatoms. The van der Waals surface area contributed by atoms with E-state index in [4.69, 9.17) is 0 Å². The van der Waals surface area contributed by atoms with Crippen LogP contribution in [0.15, 0.2) is 53.6 Å². The molecule has 1 aromatic heterocycles. The van der Waals surface area contributed by atoms with Crippen LogP contribution in [-0.4, -0.2) is 45.8 Å². The molecule has 1 amide bonds. The van der Waals surface area contributed by atoms with E-state index in [0.29, 0.717) is 0 Å². The predicted octanol–water partition coefficient (Wildman–Crippen LogP) is 1.11. The van der Waals surface area contributed by atoms with Gasteiger partial charge in [-0.3, -0.25) is 4.79 Å². The SMILES string of the molecule is Cc1ccnc(NC(=O)[C@@H](CCS(C)(=O)=O)NS(=O)(=O)c2ccccc2)c1. The average Bonchev–Trinajstić information content (AvgIpc) is 2.58. The first kappa shape index (κ1) is 21.0. The number of nitrogens with zero attached hydrogens (tertiary/aromatic N) is 1. The maximum atomic E-state index is 12.6. The van der Waals surface area contributed by atoms with Crippen LogP contribution >= 0.6 is 0 Å². The second kappa shape index (κ2) is 8.59. The van der Waals surface area contributed by atoms with Crippen molar-refractivity contribution in [2.24, 2.45) is 0 Å². The van der Waals surface area contributed by atoms with Crippen LogP contribution in [0.5, 0.6) is 0 Å². The van der Waals surface area contributed by atoms with Crippen molar-refractivity contribution >= 4 is 31.6 Å². The Morgan fingerprint density at radius 2 is 1.78 bits per heavy atom. The van der Waals surface area contributed by atoms with Crippen molar-refractivity contribution in [2.75, 3.05) is 17.3 Å². The second-order valence-corrected chi connectivity index (χ2v) is 10.1. The Balaban J connectivity index is 2.23. The maximum Gasteiger partial charge on any atom is 0.243 e. The minimum absolute atomic E-state index is 0.0177. The lowest BCUT2D eigenvalue weighted by Gasteiger charge is -2.18. The monoisotopic (exact) mass is 411 g/mol. The quantitative estimate of drug-likeness (QED) is 0.671. The fourth-order valence-electron chi connectivity index (χ4n) is 2.25. The molecule has 0 aliphatic rings. The number of rotatable bonds is 8. The van der Waals surface area contributed by atoms with Crippen LogP contribution in [0.3, 0.4) is 0 Å². The first-order chi connectivity index (χ1) is 12.6. The lowest BCUT2D eigenvalue weighted by Crippen LogP contribution is -2.44. The fourth-order valence-corrected chi connectivity index (χ4v) is 4.16. The van der Waals surface area contributed by atoms with E-state index in [-0.39, 0.29) is 22.9 Å². The third-order valence-electron chi connectivity index (χ3n) is 3.61. The first-order valence-corrected chi connectivity index (χ1v) is 11.6. The molecule has 1 atom stereocenters. The summed E-state index contributed by atoms with van der Waals surface area (Å²) >= 11 is 0. The van der Waals surface area contributed by atoms with Crippen molar-refractivity contribution in [2.45, 2.75) is 24.3 Å². The van der Waals surface area contributed by atoms with Crippen LogP contribution < -0.4 is 10.0 Å². The maximum absolute atomic E-state index is 12.6. The van der Waals surface area contributed by atoms with Gasteiger partial charge in [0, 0.05) is 12.5 Å². The molecule has 1 aromatic carbocycles. The molecule has 0 spiro atoms. The standard InChI is InChI=1S/C17H21N3O5S2/c1-13-8-10-18-16(12-13)19-17(21)15(9-11-26(2,22)23)20-27(24,25)14-6-4-3-5-7-14/h3-8,10,12,15,20H,9,11H2,1-2H3,(H,18,19,21)/t15-/m1/s1. The summed E-state index contributed by atoms with van der Waals surface area (Å²) in [6.07, 6.45) is 2.32. The topological polar surface area (TPSA) is 122 Å². The molecule has 0 radical (unpaired) electrons. The number of carbonyl (C=O) groups excluding carboxylic acids is 1. The number of sulfone groups is 1. The van der Waals surface area contributed by atoms with Crippen LogP contribution in [0, 0.1) is 6.92 Å². The summed E-state index contributed by atoms with van der Waals surface area (Å²) in [5, 5.41) is 2.52. The Hall–Kier alpha value is -2.30. The summed E-state index contributed by atoms with van der Waals surface area (Å²) in [4.78, 5) is 16.6. The number of nitrogens with one attached hydrogen (secondary N) is 2. The van der Waals surface area contributed by atoms with Crippen molar-refractivity contribution in [1.29, 1.82) is 0 Å². The average molecular weight is 412 g/mol. The number of hydrogen-bond acceptors (Lipinski definition) is 6. The van der Waals surface area contributed by atoms with E-state index in [9.17, 15) is 21.6 Å². The highest BCUT2D eigenvalue weighted by atomic mass is 32.2. The van der Waals surface area contributed by atoms with Crippen LogP contribution in [0.4, 0.5) is 5.82 Å². The van der Waals surface area contributed by atoms with Crippen molar-refractivity contribution < 1.29 is 21.6 Å².